The van der Waals surface area contributed by atoms with Crippen LogP contribution in [-0.4, -0.2) is 40.3 Å². The molecule has 1 rings (SSSR count). The number of ether oxygens (including phenoxy) is 1. The number of nitrogens with one attached hydrogen (secondary N) is 1. The molecule has 2 unspecified atom stereocenters. The summed E-state index contributed by atoms with van der Waals surface area (Å²) in [6.45, 7) is 3.09. The molecule has 126 valence electrons. The third-order valence-corrected chi connectivity index (χ3v) is 3.85. The molecule has 0 saturated heterocycles. The predicted molar refractivity (Wildman–Crippen MR) is 88.4 cm³/mol. The number of benzene rings is 1. The van der Waals surface area contributed by atoms with Crippen LogP contribution in [0.5, 0.6) is 0 Å². The molecule has 2 N–H and O–H groups in total. The van der Waals surface area contributed by atoms with Crippen molar-refractivity contribution < 1.29 is 24.2 Å². The fourth-order valence-corrected chi connectivity index (χ4v) is 2.33. The second kappa shape index (κ2) is 8.57. The number of hydrogen-bond acceptors (Lipinski definition) is 5. The van der Waals surface area contributed by atoms with Gasteiger partial charge in [0.05, 0.1) is 11.9 Å². The van der Waals surface area contributed by atoms with Gasteiger partial charge in [-0.2, -0.15) is 12.6 Å². The number of hydrogen-bond donors (Lipinski definition) is 3. The topological polar surface area (TPSA) is 92.7 Å². The van der Waals surface area contributed by atoms with Crippen LogP contribution in [0.15, 0.2) is 30.3 Å². The molecule has 0 fully saturated rings. The van der Waals surface area contributed by atoms with Gasteiger partial charge in [0.15, 0.2) is 0 Å². The average molecular weight is 339 g/mol. The van der Waals surface area contributed by atoms with Crippen molar-refractivity contribution in [2.45, 2.75) is 37.5 Å². The van der Waals surface area contributed by atoms with E-state index < -0.39 is 28.6 Å². The Morgan fingerprint density at radius 1 is 1.26 bits per heavy atom. The number of carboxylic acid groups (broad SMARTS) is 1. The van der Waals surface area contributed by atoms with Gasteiger partial charge in [-0.05, 0) is 25.3 Å². The van der Waals surface area contributed by atoms with Gasteiger partial charge in [0.1, 0.15) is 0 Å². The van der Waals surface area contributed by atoms with Gasteiger partial charge < -0.3 is 15.2 Å². The Morgan fingerprint density at radius 3 is 2.35 bits per heavy atom. The average Bonchev–Trinajstić information content (AvgIpc) is 2.53. The first-order chi connectivity index (χ1) is 10.9. The van der Waals surface area contributed by atoms with E-state index in [9.17, 15) is 19.5 Å². The highest BCUT2D eigenvalue weighted by Gasteiger charge is 2.48. The van der Waals surface area contributed by atoms with Crippen LogP contribution >= 0.6 is 12.6 Å². The molecular formula is C16H21NO5S. The van der Waals surface area contributed by atoms with Gasteiger partial charge in [0.2, 0.25) is 11.4 Å². The van der Waals surface area contributed by atoms with Gasteiger partial charge in [0.25, 0.3) is 0 Å². The second-order valence-corrected chi connectivity index (χ2v) is 5.60. The smallest absolute Gasteiger partial charge is 0.343 e. The van der Waals surface area contributed by atoms with E-state index in [2.05, 4.69) is 17.9 Å². The summed E-state index contributed by atoms with van der Waals surface area (Å²) in [7, 11) is 0. The van der Waals surface area contributed by atoms with Crippen molar-refractivity contribution in [1.29, 1.82) is 0 Å². The van der Waals surface area contributed by atoms with Crippen LogP contribution in [-0.2, 0) is 25.5 Å². The zero-order valence-corrected chi connectivity index (χ0v) is 14.0. The molecule has 0 radical (unpaired) electrons. The first kappa shape index (κ1) is 19.0. The summed E-state index contributed by atoms with van der Waals surface area (Å²) in [6.07, 6.45) is 0.191. The summed E-state index contributed by atoms with van der Waals surface area (Å²) in [5, 5.41) is 10.9. The largest absolute Gasteiger partial charge is 0.479 e. The highest BCUT2D eigenvalue weighted by Crippen LogP contribution is 2.16. The Kier molecular flexibility index (Phi) is 7.09. The minimum Gasteiger partial charge on any atom is -0.479 e. The van der Waals surface area contributed by atoms with Crippen LogP contribution in [0.25, 0.3) is 0 Å². The molecule has 0 saturated carbocycles. The van der Waals surface area contributed by atoms with Crippen molar-refractivity contribution in [3.63, 3.8) is 0 Å². The predicted octanol–water partition coefficient (Wildman–Crippen LogP) is 1.44. The molecule has 1 aromatic carbocycles. The number of carbonyl (C=O) groups excluding carboxylic acids is 2. The number of carbonyl (C=O) groups is 3. The standard InChI is InChI=1S/C16H21NO5S/c1-3-16(14(19)20,15(21)22-4-2)17-13(18)12(23)10-11-8-6-5-7-9-11/h5-9,12,23H,3-4,10H2,1-2H3,(H,17,18)(H,19,20). The molecule has 23 heavy (non-hydrogen) atoms. The number of esters is 1. The zero-order valence-electron chi connectivity index (χ0n) is 13.1. The van der Waals surface area contributed by atoms with Crippen LogP contribution in [0.4, 0.5) is 0 Å². The first-order valence-electron chi connectivity index (χ1n) is 7.32. The number of rotatable bonds is 8. The second-order valence-electron chi connectivity index (χ2n) is 4.98. The lowest BCUT2D eigenvalue weighted by Gasteiger charge is -2.28. The normalized spacial score (nSPS) is 14.4. The summed E-state index contributed by atoms with van der Waals surface area (Å²) in [6, 6.07) is 9.20. The molecule has 1 amide bonds. The summed E-state index contributed by atoms with van der Waals surface area (Å²) < 4.78 is 4.80. The first-order valence-corrected chi connectivity index (χ1v) is 7.83. The van der Waals surface area contributed by atoms with Crippen molar-refractivity contribution in [3.8, 4) is 0 Å². The maximum absolute atomic E-state index is 12.3. The van der Waals surface area contributed by atoms with Crippen molar-refractivity contribution in [3.05, 3.63) is 35.9 Å². The SMILES string of the molecule is CCOC(=O)C(CC)(NC(=O)C(S)Cc1ccccc1)C(=O)O. The van der Waals surface area contributed by atoms with E-state index in [0.717, 1.165) is 5.56 Å². The Balaban J connectivity index is 2.88. The molecule has 0 aliphatic heterocycles. The van der Waals surface area contributed by atoms with E-state index in [1.807, 2.05) is 30.3 Å². The number of carboxylic acids is 1. The third-order valence-electron chi connectivity index (χ3n) is 3.43. The van der Waals surface area contributed by atoms with Crippen LogP contribution in [0.2, 0.25) is 0 Å². The quantitative estimate of drug-likeness (QED) is 0.379. The molecule has 0 aliphatic carbocycles. The van der Waals surface area contributed by atoms with Crippen LogP contribution < -0.4 is 5.32 Å². The maximum Gasteiger partial charge on any atom is 0.343 e. The molecule has 0 bridgehead atoms. The van der Waals surface area contributed by atoms with E-state index in [-0.39, 0.29) is 13.0 Å². The molecule has 0 aromatic heterocycles. The molecule has 1 aromatic rings. The Labute approximate surface area is 140 Å². The highest BCUT2D eigenvalue weighted by atomic mass is 32.1. The van der Waals surface area contributed by atoms with Gasteiger partial charge in [-0.3, -0.25) is 4.79 Å². The summed E-state index contributed by atoms with van der Waals surface area (Å²) in [5.74, 6) is -3.06. The van der Waals surface area contributed by atoms with Crippen molar-refractivity contribution in [2.24, 2.45) is 0 Å². The van der Waals surface area contributed by atoms with Crippen molar-refractivity contribution >= 4 is 30.5 Å². The van der Waals surface area contributed by atoms with Gasteiger partial charge >= 0.3 is 11.9 Å². The molecule has 0 aliphatic rings. The highest BCUT2D eigenvalue weighted by molar-refractivity contribution is 7.81. The zero-order chi connectivity index (χ0) is 17.5. The molecule has 0 heterocycles. The lowest BCUT2D eigenvalue weighted by atomic mass is 9.95. The van der Waals surface area contributed by atoms with E-state index in [1.54, 1.807) is 6.92 Å². The summed E-state index contributed by atoms with van der Waals surface area (Å²) in [5.41, 5.74) is -1.21. The fourth-order valence-electron chi connectivity index (χ4n) is 2.05. The van der Waals surface area contributed by atoms with Crippen molar-refractivity contribution in [1.82, 2.24) is 5.32 Å². The van der Waals surface area contributed by atoms with Gasteiger partial charge in [-0.25, -0.2) is 9.59 Å². The Morgan fingerprint density at radius 2 is 1.87 bits per heavy atom. The van der Waals surface area contributed by atoms with Crippen LogP contribution in [0, 0.1) is 0 Å². The number of amides is 1. The monoisotopic (exact) mass is 339 g/mol. The van der Waals surface area contributed by atoms with Gasteiger partial charge in [0, 0.05) is 0 Å². The lowest BCUT2D eigenvalue weighted by Crippen LogP contribution is -2.61. The molecule has 0 spiro atoms. The van der Waals surface area contributed by atoms with Gasteiger partial charge in [-0.1, -0.05) is 37.3 Å². The summed E-state index contributed by atoms with van der Waals surface area (Å²) >= 11 is 4.22. The lowest BCUT2D eigenvalue weighted by molar-refractivity contribution is -0.165. The van der Waals surface area contributed by atoms with Gasteiger partial charge in [-0.15, -0.1) is 0 Å². The Bertz CT molecular complexity index is 563. The Hall–Kier alpha value is -2.02. The third kappa shape index (κ3) is 4.72. The number of aliphatic carboxylic acids is 1. The number of thiol groups is 1. The van der Waals surface area contributed by atoms with E-state index in [0.29, 0.717) is 6.42 Å². The summed E-state index contributed by atoms with van der Waals surface area (Å²) in [4.78, 5) is 35.8. The van der Waals surface area contributed by atoms with Crippen molar-refractivity contribution in [2.75, 3.05) is 6.61 Å². The van der Waals surface area contributed by atoms with E-state index in [4.69, 9.17) is 4.74 Å². The van der Waals surface area contributed by atoms with Crippen LogP contribution in [0.3, 0.4) is 0 Å². The molecule has 6 nitrogen and oxygen atoms in total. The van der Waals surface area contributed by atoms with Crippen LogP contribution in [0.1, 0.15) is 25.8 Å². The minimum atomic E-state index is -2.09. The fraction of sp³-hybridized carbons (Fsp3) is 0.438. The molecular weight excluding hydrogens is 318 g/mol. The van der Waals surface area contributed by atoms with E-state index >= 15 is 0 Å². The van der Waals surface area contributed by atoms with E-state index in [1.165, 1.54) is 6.92 Å². The minimum absolute atomic E-state index is 0.0258. The molecule has 2 atom stereocenters. The maximum atomic E-state index is 12.3. The molecule has 7 heteroatoms.